The summed E-state index contributed by atoms with van der Waals surface area (Å²) in [5, 5.41) is 8.19. The molecule has 0 aliphatic rings. The molecule has 0 bridgehead atoms. The third-order valence-electron chi connectivity index (χ3n) is 3.06. The van der Waals surface area contributed by atoms with Crippen LogP contribution in [-0.2, 0) is 14.8 Å². The molecule has 1 rings (SSSR count). The first-order chi connectivity index (χ1) is 9.25. The first kappa shape index (κ1) is 17.0. The molecular weight excluding hydrogens is 283 g/mol. The van der Waals surface area contributed by atoms with Crippen molar-refractivity contribution in [3.63, 3.8) is 0 Å². The Morgan fingerprint density at radius 3 is 2.55 bits per heavy atom. The van der Waals surface area contributed by atoms with Gasteiger partial charge in [0.2, 0.25) is 10.0 Å². The topological polar surface area (TPSA) is 81.4 Å². The van der Waals surface area contributed by atoms with Crippen LogP contribution in [0.2, 0.25) is 0 Å². The van der Waals surface area contributed by atoms with Gasteiger partial charge in [-0.15, -0.1) is 0 Å². The summed E-state index contributed by atoms with van der Waals surface area (Å²) in [6.07, 6.45) is 0.803. The fraction of sp³-hybridized carbons (Fsp3) is 0.538. The van der Waals surface area contributed by atoms with E-state index in [1.54, 1.807) is 7.11 Å². The van der Waals surface area contributed by atoms with Crippen LogP contribution in [0.4, 0.5) is 4.39 Å². The van der Waals surface area contributed by atoms with Crippen LogP contribution in [0.3, 0.4) is 0 Å². The molecular formula is C13H21FN2O3S. The minimum atomic E-state index is -3.88. The molecule has 0 spiro atoms. The van der Waals surface area contributed by atoms with Gasteiger partial charge in [-0.2, -0.15) is 0 Å². The molecule has 2 atom stereocenters. The molecule has 0 heterocycles. The number of nitrogens with one attached hydrogen (secondary N) is 1. The maximum absolute atomic E-state index is 13.9. The van der Waals surface area contributed by atoms with Gasteiger partial charge in [0.25, 0.3) is 0 Å². The maximum atomic E-state index is 13.9. The Kier molecular flexibility index (Phi) is 6.07. The molecule has 0 fully saturated rings. The fourth-order valence-electron chi connectivity index (χ4n) is 1.93. The molecule has 114 valence electrons. The zero-order chi connectivity index (χ0) is 15.3. The van der Waals surface area contributed by atoms with Crippen molar-refractivity contribution in [1.82, 2.24) is 5.32 Å². The average Bonchev–Trinajstić information content (AvgIpc) is 2.34. The van der Waals surface area contributed by atoms with Crippen LogP contribution in [0.15, 0.2) is 23.1 Å². The van der Waals surface area contributed by atoms with Gasteiger partial charge in [-0.05, 0) is 32.4 Å². The lowest BCUT2D eigenvalue weighted by atomic mass is 10.1. The number of benzene rings is 1. The number of hydrogen-bond acceptors (Lipinski definition) is 4. The van der Waals surface area contributed by atoms with Gasteiger partial charge in [-0.1, -0.05) is 6.07 Å². The highest BCUT2D eigenvalue weighted by atomic mass is 32.2. The average molecular weight is 304 g/mol. The van der Waals surface area contributed by atoms with Crippen LogP contribution in [0.1, 0.15) is 31.9 Å². The van der Waals surface area contributed by atoms with Gasteiger partial charge in [0.15, 0.2) is 0 Å². The number of sulfonamides is 1. The molecule has 0 radical (unpaired) electrons. The van der Waals surface area contributed by atoms with Crippen molar-refractivity contribution in [3.8, 4) is 0 Å². The summed E-state index contributed by atoms with van der Waals surface area (Å²) in [5.41, 5.74) is 0.404. The highest BCUT2D eigenvalue weighted by Gasteiger charge is 2.16. The Morgan fingerprint density at radius 2 is 2.05 bits per heavy atom. The van der Waals surface area contributed by atoms with Crippen LogP contribution in [0.25, 0.3) is 0 Å². The van der Waals surface area contributed by atoms with Crippen molar-refractivity contribution < 1.29 is 17.5 Å². The molecule has 0 aliphatic heterocycles. The van der Waals surface area contributed by atoms with Crippen LogP contribution in [-0.4, -0.2) is 28.2 Å². The highest BCUT2D eigenvalue weighted by Crippen LogP contribution is 2.20. The summed E-state index contributed by atoms with van der Waals surface area (Å²) in [7, 11) is -2.25. The molecule has 2 unspecified atom stereocenters. The van der Waals surface area contributed by atoms with E-state index in [0.29, 0.717) is 12.2 Å². The van der Waals surface area contributed by atoms with E-state index >= 15 is 0 Å². The summed E-state index contributed by atoms with van der Waals surface area (Å²) >= 11 is 0. The van der Waals surface area contributed by atoms with Gasteiger partial charge in [-0.3, -0.25) is 0 Å². The van der Waals surface area contributed by atoms with Crippen molar-refractivity contribution >= 4 is 10.0 Å². The molecule has 0 amide bonds. The Hall–Kier alpha value is -1.02. The van der Waals surface area contributed by atoms with E-state index in [9.17, 15) is 12.8 Å². The van der Waals surface area contributed by atoms with E-state index in [0.717, 1.165) is 12.5 Å². The molecule has 5 nitrogen and oxygen atoms in total. The largest absolute Gasteiger partial charge is 0.385 e. The zero-order valence-corrected chi connectivity index (χ0v) is 12.7. The lowest BCUT2D eigenvalue weighted by Crippen LogP contribution is -2.30. The number of rotatable bonds is 7. The lowest BCUT2D eigenvalue weighted by Gasteiger charge is -2.20. The molecule has 0 saturated carbocycles. The van der Waals surface area contributed by atoms with Crippen LogP contribution in [0.5, 0.6) is 0 Å². The monoisotopic (exact) mass is 304 g/mol. The molecule has 1 aromatic rings. The number of halogens is 1. The molecule has 7 heteroatoms. The smallest absolute Gasteiger partial charge is 0.238 e. The Balaban J connectivity index is 2.81. The summed E-state index contributed by atoms with van der Waals surface area (Å²) in [5.74, 6) is -0.588. The maximum Gasteiger partial charge on any atom is 0.238 e. The third-order valence-corrected chi connectivity index (χ3v) is 3.97. The summed E-state index contributed by atoms with van der Waals surface area (Å²) in [6, 6.07) is 3.61. The molecule has 3 N–H and O–H groups in total. The van der Waals surface area contributed by atoms with E-state index in [1.807, 2.05) is 13.8 Å². The quantitative estimate of drug-likeness (QED) is 0.801. The van der Waals surface area contributed by atoms with E-state index in [-0.39, 0.29) is 17.0 Å². The number of methoxy groups -OCH3 is 1. The van der Waals surface area contributed by atoms with Gasteiger partial charge in [-0.25, -0.2) is 17.9 Å². The summed E-state index contributed by atoms with van der Waals surface area (Å²) < 4.78 is 41.2. The normalized spacial score (nSPS) is 15.1. The predicted octanol–water partition coefficient (Wildman–Crippen LogP) is 1.55. The Labute approximate surface area is 119 Å². The van der Waals surface area contributed by atoms with Crippen molar-refractivity contribution in [2.75, 3.05) is 13.7 Å². The first-order valence-corrected chi connectivity index (χ1v) is 7.87. The van der Waals surface area contributed by atoms with Gasteiger partial charge in [0, 0.05) is 31.4 Å². The van der Waals surface area contributed by atoms with Gasteiger partial charge >= 0.3 is 0 Å². The number of hydrogen-bond donors (Lipinski definition) is 2. The van der Waals surface area contributed by atoms with Crippen molar-refractivity contribution in [2.24, 2.45) is 5.14 Å². The Bertz CT molecular complexity index is 549. The minimum Gasteiger partial charge on any atom is -0.385 e. The molecule has 0 saturated heterocycles. The van der Waals surface area contributed by atoms with Gasteiger partial charge in [0.1, 0.15) is 5.82 Å². The zero-order valence-electron chi connectivity index (χ0n) is 11.9. The van der Waals surface area contributed by atoms with Crippen molar-refractivity contribution in [2.45, 2.75) is 37.2 Å². The van der Waals surface area contributed by atoms with E-state index in [4.69, 9.17) is 9.88 Å². The number of primary sulfonamides is 1. The fourth-order valence-corrected chi connectivity index (χ4v) is 2.46. The van der Waals surface area contributed by atoms with Crippen LogP contribution >= 0.6 is 0 Å². The first-order valence-electron chi connectivity index (χ1n) is 6.33. The van der Waals surface area contributed by atoms with E-state index < -0.39 is 15.8 Å². The molecule has 20 heavy (non-hydrogen) atoms. The second kappa shape index (κ2) is 7.12. The molecule has 0 aromatic heterocycles. The second-order valence-electron chi connectivity index (χ2n) is 4.80. The number of nitrogens with two attached hydrogens (primary N) is 1. The highest BCUT2D eigenvalue weighted by molar-refractivity contribution is 7.89. The van der Waals surface area contributed by atoms with Crippen molar-refractivity contribution in [3.05, 3.63) is 29.6 Å². The standard InChI is InChI=1S/C13H21FN2O3S/c1-9(6-7-19-3)16-10(2)12-5-4-11(8-13(12)14)20(15,17)18/h4-5,8-10,16H,6-7H2,1-3H3,(H2,15,17,18). The second-order valence-corrected chi connectivity index (χ2v) is 6.36. The number of ether oxygens (including phenoxy) is 1. The summed E-state index contributed by atoms with van der Waals surface area (Å²) in [6.45, 7) is 4.41. The Morgan fingerprint density at radius 1 is 1.40 bits per heavy atom. The lowest BCUT2D eigenvalue weighted by molar-refractivity contribution is 0.183. The van der Waals surface area contributed by atoms with E-state index in [2.05, 4.69) is 5.32 Å². The predicted molar refractivity (Wildman–Crippen MR) is 75.3 cm³/mol. The SMILES string of the molecule is COCCC(C)NC(C)c1ccc(S(N)(=O)=O)cc1F. The van der Waals surface area contributed by atoms with E-state index in [1.165, 1.54) is 12.1 Å². The molecule has 0 aliphatic carbocycles. The third kappa shape index (κ3) is 4.82. The van der Waals surface area contributed by atoms with Crippen molar-refractivity contribution in [1.29, 1.82) is 0 Å². The van der Waals surface area contributed by atoms with Gasteiger partial charge < -0.3 is 10.1 Å². The summed E-state index contributed by atoms with van der Waals surface area (Å²) in [4.78, 5) is -0.224. The van der Waals surface area contributed by atoms with Crippen LogP contribution in [0, 0.1) is 5.82 Å². The minimum absolute atomic E-state index is 0.155. The molecule has 1 aromatic carbocycles. The van der Waals surface area contributed by atoms with Gasteiger partial charge in [0.05, 0.1) is 4.90 Å². The van der Waals surface area contributed by atoms with Crippen LogP contribution < -0.4 is 10.5 Å².